The van der Waals surface area contributed by atoms with E-state index in [1.54, 1.807) is 13.2 Å². The van der Waals surface area contributed by atoms with Crippen LogP contribution in [0, 0.1) is 0 Å². The Morgan fingerprint density at radius 3 is 2.53 bits per heavy atom. The van der Waals surface area contributed by atoms with Gasteiger partial charge in [-0.1, -0.05) is 19.1 Å². The Hall–Kier alpha value is -2.30. The topological polar surface area (TPSA) is 70.3 Å². The van der Waals surface area contributed by atoms with Gasteiger partial charge in [0, 0.05) is 12.5 Å². The second-order valence-corrected chi connectivity index (χ2v) is 4.04. The lowest BCUT2D eigenvalue weighted by Crippen LogP contribution is -2.03. The molecular weight excluding hydrogens is 242 g/mol. The van der Waals surface area contributed by atoms with E-state index in [1.807, 2.05) is 31.2 Å². The number of methoxy groups -OCH3 is 1. The molecule has 1 heterocycles. The fourth-order valence-electron chi connectivity index (χ4n) is 1.60. The van der Waals surface area contributed by atoms with Crippen LogP contribution in [-0.2, 0) is 13.0 Å². The van der Waals surface area contributed by atoms with Crippen molar-refractivity contribution in [2.75, 3.05) is 12.8 Å². The zero-order valence-corrected chi connectivity index (χ0v) is 11.1. The van der Waals surface area contributed by atoms with E-state index < -0.39 is 0 Å². The van der Waals surface area contributed by atoms with Gasteiger partial charge in [-0.3, -0.25) is 0 Å². The fraction of sp³-hybridized carbons (Fsp3) is 0.286. The van der Waals surface area contributed by atoms with E-state index in [4.69, 9.17) is 15.2 Å². The Morgan fingerprint density at radius 2 is 1.89 bits per heavy atom. The number of aromatic nitrogens is 2. The monoisotopic (exact) mass is 259 g/mol. The standard InChI is InChI=1S/C14H17N3O2/c1-3-13-16-12(15)8-14(17-13)19-9-10-4-6-11(18-2)7-5-10/h4-8H,3,9H2,1-2H3,(H2,15,16,17). The van der Waals surface area contributed by atoms with Crippen LogP contribution in [0.4, 0.5) is 5.82 Å². The highest BCUT2D eigenvalue weighted by atomic mass is 16.5. The van der Waals surface area contributed by atoms with E-state index in [-0.39, 0.29) is 0 Å². The molecule has 0 unspecified atom stereocenters. The highest BCUT2D eigenvalue weighted by Crippen LogP contribution is 2.15. The van der Waals surface area contributed by atoms with Crippen LogP contribution >= 0.6 is 0 Å². The molecule has 0 spiro atoms. The van der Waals surface area contributed by atoms with Gasteiger partial charge in [0.15, 0.2) is 0 Å². The van der Waals surface area contributed by atoms with Crippen LogP contribution < -0.4 is 15.2 Å². The molecule has 0 bridgehead atoms. The zero-order chi connectivity index (χ0) is 13.7. The Morgan fingerprint density at radius 1 is 1.16 bits per heavy atom. The first-order valence-corrected chi connectivity index (χ1v) is 6.10. The summed E-state index contributed by atoms with van der Waals surface area (Å²) in [6.07, 6.45) is 0.726. The minimum Gasteiger partial charge on any atom is -0.497 e. The van der Waals surface area contributed by atoms with E-state index in [0.717, 1.165) is 17.7 Å². The smallest absolute Gasteiger partial charge is 0.219 e. The van der Waals surface area contributed by atoms with Gasteiger partial charge < -0.3 is 15.2 Å². The van der Waals surface area contributed by atoms with Crippen molar-refractivity contribution < 1.29 is 9.47 Å². The maximum Gasteiger partial charge on any atom is 0.219 e. The van der Waals surface area contributed by atoms with E-state index >= 15 is 0 Å². The van der Waals surface area contributed by atoms with Crippen LogP contribution in [-0.4, -0.2) is 17.1 Å². The summed E-state index contributed by atoms with van der Waals surface area (Å²) in [6, 6.07) is 9.31. The third kappa shape index (κ3) is 3.58. The second kappa shape index (κ2) is 6.04. The molecule has 0 amide bonds. The molecule has 0 radical (unpaired) electrons. The predicted octanol–water partition coefficient (Wildman–Crippen LogP) is 2.21. The van der Waals surface area contributed by atoms with Crippen LogP contribution in [0.1, 0.15) is 18.3 Å². The van der Waals surface area contributed by atoms with Gasteiger partial charge in [0.2, 0.25) is 5.88 Å². The molecule has 5 heteroatoms. The minimum atomic E-state index is 0.427. The van der Waals surface area contributed by atoms with Crippen molar-refractivity contribution >= 4 is 5.82 Å². The third-order valence-corrected chi connectivity index (χ3v) is 2.63. The van der Waals surface area contributed by atoms with Crippen molar-refractivity contribution in [1.82, 2.24) is 9.97 Å². The zero-order valence-electron chi connectivity index (χ0n) is 11.1. The lowest BCUT2D eigenvalue weighted by atomic mass is 10.2. The number of anilines is 1. The summed E-state index contributed by atoms with van der Waals surface area (Å²) in [5, 5.41) is 0. The van der Waals surface area contributed by atoms with Crippen LogP contribution in [0.15, 0.2) is 30.3 Å². The molecule has 2 aromatic rings. The van der Waals surface area contributed by atoms with Crippen LogP contribution in [0.2, 0.25) is 0 Å². The molecule has 1 aromatic carbocycles. The van der Waals surface area contributed by atoms with Gasteiger partial charge in [0.25, 0.3) is 0 Å². The Bertz CT molecular complexity index is 541. The summed E-state index contributed by atoms with van der Waals surface area (Å²) in [4.78, 5) is 8.36. The van der Waals surface area contributed by atoms with Gasteiger partial charge in [0.1, 0.15) is 24.0 Å². The van der Waals surface area contributed by atoms with Crippen molar-refractivity contribution in [3.8, 4) is 11.6 Å². The van der Waals surface area contributed by atoms with Crippen molar-refractivity contribution in [2.45, 2.75) is 20.0 Å². The molecular formula is C14H17N3O2. The molecule has 2 N–H and O–H groups in total. The van der Waals surface area contributed by atoms with Gasteiger partial charge in [0.05, 0.1) is 7.11 Å². The van der Waals surface area contributed by atoms with Gasteiger partial charge >= 0.3 is 0 Å². The first-order valence-electron chi connectivity index (χ1n) is 6.10. The maximum absolute atomic E-state index is 5.69. The van der Waals surface area contributed by atoms with Crippen LogP contribution in [0.25, 0.3) is 0 Å². The molecule has 0 aliphatic carbocycles. The highest BCUT2D eigenvalue weighted by Gasteiger charge is 2.03. The van der Waals surface area contributed by atoms with Crippen molar-refractivity contribution in [2.24, 2.45) is 0 Å². The normalized spacial score (nSPS) is 10.2. The van der Waals surface area contributed by atoms with Gasteiger partial charge in [-0.15, -0.1) is 0 Å². The summed E-state index contributed by atoms with van der Waals surface area (Å²) in [6.45, 7) is 2.41. The number of nitrogens with zero attached hydrogens (tertiary/aromatic N) is 2. The summed E-state index contributed by atoms with van der Waals surface area (Å²) < 4.78 is 10.7. The molecule has 5 nitrogen and oxygen atoms in total. The van der Waals surface area contributed by atoms with Gasteiger partial charge in [-0.2, -0.15) is 4.98 Å². The molecule has 0 saturated heterocycles. The quantitative estimate of drug-likeness (QED) is 0.891. The minimum absolute atomic E-state index is 0.427. The molecule has 100 valence electrons. The molecule has 0 atom stereocenters. The average Bonchev–Trinajstić information content (AvgIpc) is 2.45. The molecule has 19 heavy (non-hydrogen) atoms. The lowest BCUT2D eigenvalue weighted by molar-refractivity contribution is 0.292. The molecule has 0 fully saturated rings. The number of aryl methyl sites for hydroxylation is 1. The first kappa shape index (κ1) is 13.1. The molecule has 0 aliphatic rings. The van der Waals surface area contributed by atoms with E-state index in [9.17, 15) is 0 Å². The third-order valence-electron chi connectivity index (χ3n) is 2.63. The van der Waals surface area contributed by atoms with Crippen LogP contribution in [0.3, 0.4) is 0 Å². The lowest BCUT2D eigenvalue weighted by Gasteiger charge is -2.08. The second-order valence-electron chi connectivity index (χ2n) is 4.04. The summed E-state index contributed by atoms with van der Waals surface area (Å²) in [5.41, 5.74) is 6.73. The summed E-state index contributed by atoms with van der Waals surface area (Å²) in [7, 11) is 1.64. The Labute approximate surface area is 112 Å². The number of ether oxygens (including phenoxy) is 2. The molecule has 2 rings (SSSR count). The molecule has 0 aliphatic heterocycles. The van der Waals surface area contributed by atoms with E-state index in [1.165, 1.54) is 0 Å². The number of benzene rings is 1. The van der Waals surface area contributed by atoms with Crippen LogP contribution in [0.5, 0.6) is 11.6 Å². The van der Waals surface area contributed by atoms with Gasteiger partial charge in [-0.05, 0) is 17.7 Å². The van der Waals surface area contributed by atoms with Crippen molar-refractivity contribution in [1.29, 1.82) is 0 Å². The molecule has 0 saturated carbocycles. The average molecular weight is 259 g/mol. The first-order chi connectivity index (χ1) is 9.21. The summed E-state index contributed by atoms with van der Waals surface area (Å²) in [5.74, 6) is 2.43. The Kier molecular flexibility index (Phi) is 4.18. The number of hydrogen-bond acceptors (Lipinski definition) is 5. The van der Waals surface area contributed by atoms with E-state index in [2.05, 4.69) is 9.97 Å². The number of rotatable bonds is 5. The SMILES string of the molecule is CCc1nc(N)cc(OCc2ccc(OC)cc2)n1. The van der Waals surface area contributed by atoms with Gasteiger partial charge in [-0.25, -0.2) is 4.98 Å². The number of nitrogens with two attached hydrogens (primary N) is 1. The van der Waals surface area contributed by atoms with E-state index in [0.29, 0.717) is 24.1 Å². The predicted molar refractivity (Wildman–Crippen MR) is 73.1 cm³/mol. The maximum atomic E-state index is 5.69. The number of nitrogen functional groups attached to an aromatic ring is 1. The fourth-order valence-corrected chi connectivity index (χ4v) is 1.60. The van der Waals surface area contributed by atoms with Crippen molar-refractivity contribution in [3.63, 3.8) is 0 Å². The van der Waals surface area contributed by atoms with Crippen molar-refractivity contribution in [3.05, 3.63) is 41.7 Å². The number of hydrogen-bond donors (Lipinski definition) is 1. The molecule has 1 aromatic heterocycles. The Balaban J connectivity index is 2.03. The summed E-state index contributed by atoms with van der Waals surface area (Å²) >= 11 is 0. The largest absolute Gasteiger partial charge is 0.497 e. The highest BCUT2D eigenvalue weighted by molar-refractivity contribution is 5.33.